The third-order valence-electron chi connectivity index (χ3n) is 4.82. The van der Waals surface area contributed by atoms with Gasteiger partial charge in [-0.25, -0.2) is 4.90 Å². The van der Waals surface area contributed by atoms with Gasteiger partial charge in [-0.15, -0.1) is 0 Å². The number of para-hydroxylation sites is 1. The van der Waals surface area contributed by atoms with Crippen molar-refractivity contribution in [1.82, 2.24) is 0 Å². The normalized spacial score (nSPS) is 13.6. The Labute approximate surface area is 174 Å². The van der Waals surface area contributed by atoms with Crippen molar-refractivity contribution in [2.45, 2.75) is 0 Å². The summed E-state index contributed by atoms with van der Waals surface area (Å²) in [6, 6.07) is 23.2. The SMILES string of the molecule is COc1ccc(C2=C(Nc3ccccc3)C(=O)N(c3cccc(OC)c3)C2=O)cc1. The molecule has 0 saturated heterocycles. The van der Waals surface area contributed by atoms with Crippen molar-refractivity contribution in [3.05, 3.63) is 90.1 Å². The Bertz CT molecular complexity index is 1120. The summed E-state index contributed by atoms with van der Waals surface area (Å²) in [6.45, 7) is 0. The number of imide groups is 1. The number of anilines is 2. The number of rotatable bonds is 6. The molecule has 0 aliphatic carbocycles. The molecule has 0 fully saturated rings. The zero-order chi connectivity index (χ0) is 21.1. The van der Waals surface area contributed by atoms with E-state index in [1.807, 2.05) is 30.3 Å². The maximum Gasteiger partial charge on any atom is 0.282 e. The molecule has 0 aromatic heterocycles. The fourth-order valence-electron chi connectivity index (χ4n) is 3.32. The van der Waals surface area contributed by atoms with Crippen LogP contribution in [-0.4, -0.2) is 26.0 Å². The van der Waals surface area contributed by atoms with Crippen molar-refractivity contribution in [1.29, 1.82) is 0 Å². The first-order valence-electron chi connectivity index (χ1n) is 9.36. The van der Waals surface area contributed by atoms with E-state index in [0.717, 1.165) is 4.90 Å². The van der Waals surface area contributed by atoms with E-state index in [2.05, 4.69) is 5.32 Å². The number of ether oxygens (including phenoxy) is 2. The van der Waals surface area contributed by atoms with Crippen molar-refractivity contribution >= 4 is 28.8 Å². The summed E-state index contributed by atoms with van der Waals surface area (Å²) in [5.74, 6) is 0.390. The molecule has 1 N–H and O–H groups in total. The van der Waals surface area contributed by atoms with Crippen LogP contribution in [0.3, 0.4) is 0 Å². The van der Waals surface area contributed by atoms with E-state index in [4.69, 9.17) is 9.47 Å². The minimum atomic E-state index is -0.428. The highest BCUT2D eigenvalue weighted by Crippen LogP contribution is 2.35. The van der Waals surface area contributed by atoms with Crippen LogP contribution in [0, 0.1) is 0 Å². The molecular formula is C24H20N2O4. The van der Waals surface area contributed by atoms with Crippen LogP contribution in [0.2, 0.25) is 0 Å². The van der Waals surface area contributed by atoms with Gasteiger partial charge in [-0.2, -0.15) is 0 Å². The minimum absolute atomic E-state index is 0.221. The standard InChI is InChI=1S/C24H20N2O4/c1-29-19-13-11-16(12-14-19)21-22(25-17-7-4-3-5-8-17)24(28)26(23(21)27)18-9-6-10-20(15-18)30-2/h3-15,25H,1-2H3. The molecular weight excluding hydrogens is 380 g/mol. The molecule has 0 atom stereocenters. The lowest BCUT2D eigenvalue weighted by molar-refractivity contribution is -0.120. The van der Waals surface area contributed by atoms with Gasteiger partial charge in [0.15, 0.2) is 0 Å². The lowest BCUT2D eigenvalue weighted by Gasteiger charge is -2.16. The number of benzene rings is 3. The average Bonchev–Trinajstić information content (AvgIpc) is 3.04. The number of carbonyl (C=O) groups is 2. The van der Waals surface area contributed by atoms with Crippen molar-refractivity contribution in [3.8, 4) is 11.5 Å². The Balaban J connectivity index is 1.81. The summed E-state index contributed by atoms with van der Waals surface area (Å²) in [7, 11) is 3.11. The van der Waals surface area contributed by atoms with Gasteiger partial charge < -0.3 is 14.8 Å². The molecule has 4 rings (SSSR count). The molecule has 0 spiro atoms. The summed E-state index contributed by atoms with van der Waals surface area (Å²) in [4.78, 5) is 27.9. The second kappa shape index (κ2) is 8.13. The van der Waals surface area contributed by atoms with E-state index >= 15 is 0 Å². The van der Waals surface area contributed by atoms with Crippen LogP contribution in [0.25, 0.3) is 5.57 Å². The molecule has 30 heavy (non-hydrogen) atoms. The van der Waals surface area contributed by atoms with Crippen molar-refractivity contribution < 1.29 is 19.1 Å². The van der Waals surface area contributed by atoms with Crippen LogP contribution in [0.15, 0.2) is 84.6 Å². The summed E-state index contributed by atoms with van der Waals surface area (Å²) < 4.78 is 10.5. The van der Waals surface area contributed by atoms with Gasteiger partial charge in [-0.1, -0.05) is 36.4 Å². The molecule has 1 aliphatic heterocycles. The number of methoxy groups -OCH3 is 2. The van der Waals surface area contributed by atoms with Gasteiger partial charge in [0.25, 0.3) is 11.8 Å². The number of hydrogen-bond donors (Lipinski definition) is 1. The van der Waals surface area contributed by atoms with Gasteiger partial charge >= 0.3 is 0 Å². The maximum atomic E-state index is 13.4. The third kappa shape index (κ3) is 3.51. The Morgan fingerprint density at radius 3 is 2.10 bits per heavy atom. The molecule has 1 heterocycles. The van der Waals surface area contributed by atoms with E-state index in [9.17, 15) is 9.59 Å². The molecule has 0 bridgehead atoms. The highest BCUT2D eigenvalue weighted by molar-refractivity contribution is 6.46. The van der Waals surface area contributed by atoms with Crippen LogP contribution in [0.4, 0.5) is 11.4 Å². The smallest absolute Gasteiger partial charge is 0.282 e. The number of nitrogens with zero attached hydrogens (tertiary/aromatic N) is 1. The summed E-state index contributed by atoms with van der Waals surface area (Å²) in [6.07, 6.45) is 0. The first-order chi connectivity index (χ1) is 14.6. The number of carbonyl (C=O) groups excluding carboxylic acids is 2. The predicted octanol–water partition coefficient (Wildman–Crippen LogP) is 4.10. The van der Waals surface area contributed by atoms with Gasteiger partial charge in [0, 0.05) is 11.8 Å². The van der Waals surface area contributed by atoms with Gasteiger partial charge in [-0.05, 0) is 42.0 Å². The first kappa shape index (κ1) is 19.3. The van der Waals surface area contributed by atoms with Gasteiger partial charge in [0.2, 0.25) is 0 Å². The molecule has 0 unspecified atom stereocenters. The van der Waals surface area contributed by atoms with Crippen molar-refractivity contribution in [2.75, 3.05) is 24.4 Å². The molecule has 1 aliphatic rings. The Morgan fingerprint density at radius 1 is 0.733 bits per heavy atom. The van der Waals surface area contributed by atoms with Crippen LogP contribution in [0.5, 0.6) is 11.5 Å². The zero-order valence-electron chi connectivity index (χ0n) is 16.6. The minimum Gasteiger partial charge on any atom is -0.497 e. The topological polar surface area (TPSA) is 67.9 Å². The Kier molecular flexibility index (Phi) is 5.22. The predicted molar refractivity (Wildman–Crippen MR) is 115 cm³/mol. The van der Waals surface area contributed by atoms with Crippen LogP contribution in [0.1, 0.15) is 5.56 Å². The fourth-order valence-corrected chi connectivity index (χ4v) is 3.32. The van der Waals surface area contributed by atoms with E-state index < -0.39 is 11.8 Å². The molecule has 3 aromatic rings. The first-order valence-corrected chi connectivity index (χ1v) is 9.36. The van der Waals surface area contributed by atoms with Gasteiger partial charge in [-0.3, -0.25) is 9.59 Å². The van der Waals surface area contributed by atoms with E-state index in [-0.39, 0.29) is 5.70 Å². The van der Waals surface area contributed by atoms with Crippen LogP contribution < -0.4 is 19.7 Å². The molecule has 0 radical (unpaired) electrons. The molecule has 0 saturated carbocycles. The van der Waals surface area contributed by atoms with Crippen molar-refractivity contribution in [2.24, 2.45) is 0 Å². The van der Waals surface area contributed by atoms with Gasteiger partial charge in [0.05, 0.1) is 25.5 Å². The second-order valence-corrected chi connectivity index (χ2v) is 6.62. The molecule has 6 nitrogen and oxygen atoms in total. The number of amides is 2. The molecule has 150 valence electrons. The quantitative estimate of drug-likeness (QED) is 0.631. The van der Waals surface area contributed by atoms with Gasteiger partial charge in [0.1, 0.15) is 17.2 Å². The number of hydrogen-bond acceptors (Lipinski definition) is 5. The van der Waals surface area contributed by atoms with Crippen LogP contribution >= 0.6 is 0 Å². The van der Waals surface area contributed by atoms with E-state index in [1.165, 1.54) is 7.11 Å². The Hall–Kier alpha value is -4.06. The fraction of sp³-hybridized carbons (Fsp3) is 0.0833. The van der Waals surface area contributed by atoms with E-state index in [0.29, 0.717) is 34.0 Å². The average molecular weight is 400 g/mol. The summed E-state index contributed by atoms with van der Waals surface area (Å²) in [5, 5.41) is 3.13. The molecule has 6 heteroatoms. The van der Waals surface area contributed by atoms with Crippen LogP contribution in [-0.2, 0) is 9.59 Å². The van der Waals surface area contributed by atoms with Crippen molar-refractivity contribution in [3.63, 3.8) is 0 Å². The van der Waals surface area contributed by atoms with E-state index in [1.54, 1.807) is 55.6 Å². The number of nitrogens with one attached hydrogen (secondary N) is 1. The maximum absolute atomic E-state index is 13.4. The lowest BCUT2D eigenvalue weighted by Crippen LogP contribution is -2.32. The summed E-state index contributed by atoms with van der Waals surface area (Å²) in [5.41, 5.74) is 2.30. The zero-order valence-corrected chi connectivity index (χ0v) is 16.6. The highest BCUT2D eigenvalue weighted by atomic mass is 16.5. The largest absolute Gasteiger partial charge is 0.497 e. The lowest BCUT2D eigenvalue weighted by atomic mass is 10.0. The highest BCUT2D eigenvalue weighted by Gasteiger charge is 2.40. The molecule has 2 amide bonds. The second-order valence-electron chi connectivity index (χ2n) is 6.62. The summed E-state index contributed by atoms with van der Waals surface area (Å²) >= 11 is 0. The third-order valence-corrected chi connectivity index (χ3v) is 4.82. The monoisotopic (exact) mass is 400 g/mol. The molecule has 3 aromatic carbocycles. The Morgan fingerprint density at radius 2 is 1.43 bits per heavy atom.